The summed E-state index contributed by atoms with van der Waals surface area (Å²) in [6, 6.07) is 26.8. The van der Waals surface area contributed by atoms with Crippen molar-refractivity contribution in [1.82, 2.24) is 4.90 Å². The van der Waals surface area contributed by atoms with E-state index in [1.54, 1.807) is 0 Å². The second-order valence-electron chi connectivity index (χ2n) is 8.07. The van der Waals surface area contributed by atoms with Crippen LogP contribution in [0.4, 0.5) is 5.69 Å². The van der Waals surface area contributed by atoms with Crippen molar-refractivity contribution >= 4 is 23.3 Å². The average Bonchev–Trinajstić information content (AvgIpc) is 3.29. The molecular weight excluding hydrogens is 414 g/mol. The molecule has 168 valence electrons. The van der Waals surface area contributed by atoms with Gasteiger partial charge in [-0.15, -0.1) is 0 Å². The van der Waals surface area contributed by atoms with Gasteiger partial charge in [-0.25, -0.2) is 0 Å². The van der Waals surface area contributed by atoms with E-state index in [0.717, 1.165) is 31.5 Å². The molecule has 3 aromatic rings. The third kappa shape index (κ3) is 5.73. The number of benzene rings is 3. The van der Waals surface area contributed by atoms with Crippen LogP contribution >= 0.6 is 0 Å². The Morgan fingerprint density at radius 1 is 0.939 bits per heavy atom. The van der Waals surface area contributed by atoms with Gasteiger partial charge in [0.2, 0.25) is 5.91 Å². The van der Waals surface area contributed by atoms with Crippen LogP contribution in [-0.4, -0.2) is 46.7 Å². The number of amides is 1. The van der Waals surface area contributed by atoms with Gasteiger partial charge in [-0.2, -0.15) is 0 Å². The maximum Gasteiger partial charge on any atom is 0.325 e. The van der Waals surface area contributed by atoms with Crippen molar-refractivity contribution in [3.05, 3.63) is 102 Å². The van der Waals surface area contributed by atoms with Crippen molar-refractivity contribution in [2.75, 3.05) is 18.4 Å². The van der Waals surface area contributed by atoms with Crippen molar-refractivity contribution in [3.8, 4) is 0 Å². The summed E-state index contributed by atoms with van der Waals surface area (Å²) in [4.78, 5) is 31.1. The van der Waals surface area contributed by atoms with Gasteiger partial charge >= 0.3 is 5.97 Å². The third-order valence-electron chi connectivity index (χ3n) is 5.75. The summed E-state index contributed by atoms with van der Waals surface area (Å²) in [5, 5.41) is 12.3. The van der Waals surface area contributed by atoms with Crippen molar-refractivity contribution < 1.29 is 14.7 Å². The highest BCUT2D eigenvalue weighted by Gasteiger charge is 2.31. The minimum absolute atomic E-state index is 0.0541. The molecule has 0 radical (unpaired) electrons. The predicted molar refractivity (Wildman–Crippen MR) is 130 cm³/mol. The van der Waals surface area contributed by atoms with Crippen LogP contribution in [0, 0.1) is 0 Å². The Morgan fingerprint density at radius 3 is 2.33 bits per heavy atom. The molecule has 2 N–H and O–H groups in total. The standard InChI is InChI=1S/C27H27N3O3/c31-25(32)18-28-26(21-12-5-2-6-13-21)22-14-7-8-15-23(22)29-27(33)24-16-9-17-30(24)19-20-10-3-1-4-11-20/h1-8,10-15,24H,9,16-19H2,(H,29,33)(H,31,32)/t24-/m1/s1. The van der Waals surface area contributed by atoms with Gasteiger partial charge < -0.3 is 10.4 Å². The Morgan fingerprint density at radius 2 is 1.61 bits per heavy atom. The van der Waals surface area contributed by atoms with E-state index in [1.807, 2.05) is 72.8 Å². The van der Waals surface area contributed by atoms with Gasteiger partial charge in [0.1, 0.15) is 6.54 Å². The molecule has 0 spiro atoms. The smallest absolute Gasteiger partial charge is 0.325 e. The molecule has 4 rings (SSSR count). The summed E-state index contributed by atoms with van der Waals surface area (Å²) < 4.78 is 0. The second kappa shape index (κ2) is 10.7. The molecular formula is C27H27N3O3. The molecule has 0 bridgehead atoms. The average molecular weight is 442 g/mol. The summed E-state index contributed by atoms with van der Waals surface area (Å²) in [6.07, 6.45) is 1.78. The van der Waals surface area contributed by atoms with E-state index >= 15 is 0 Å². The molecule has 0 saturated carbocycles. The van der Waals surface area contributed by atoms with Gasteiger partial charge in [-0.3, -0.25) is 19.5 Å². The molecule has 0 unspecified atom stereocenters. The first-order valence-corrected chi connectivity index (χ1v) is 11.1. The summed E-state index contributed by atoms with van der Waals surface area (Å²) in [5.41, 5.74) is 3.85. The molecule has 1 saturated heterocycles. The third-order valence-corrected chi connectivity index (χ3v) is 5.75. The number of para-hydroxylation sites is 1. The number of hydrogen-bond donors (Lipinski definition) is 2. The number of carboxylic acid groups (broad SMARTS) is 1. The largest absolute Gasteiger partial charge is 0.480 e. The molecule has 1 fully saturated rings. The fourth-order valence-corrected chi connectivity index (χ4v) is 4.22. The molecule has 3 aromatic carbocycles. The van der Waals surface area contributed by atoms with Gasteiger partial charge in [-0.05, 0) is 31.0 Å². The summed E-state index contributed by atoms with van der Waals surface area (Å²) in [5.74, 6) is -1.06. The summed E-state index contributed by atoms with van der Waals surface area (Å²) in [7, 11) is 0. The zero-order chi connectivity index (χ0) is 23.0. The van der Waals surface area contributed by atoms with Gasteiger partial charge in [-0.1, -0.05) is 78.9 Å². The Kier molecular flexibility index (Phi) is 7.27. The Hall–Kier alpha value is -3.77. The topological polar surface area (TPSA) is 82.0 Å². The lowest BCUT2D eigenvalue weighted by Crippen LogP contribution is -2.39. The van der Waals surface area contributed by atoms with Crippen molar-refractivity contribution in [1.29, 1.82) is 0 Å². The number of rotatable bonds is 8. The summed E-state index contributed by atoms with van der Waals surface area (Å²) in [6.45, 7) is 1.26. The molecule has 0 aliphatic carbocycles. The number of hydrogen-bond acceptors (Lipinski definition) is 4. The molecule has 1 atom stereocenters. The highest BCUT2D eigenvalue weighted by Crippen LogP contribution is 2.24. The molecule has 1 aliphatic heterocycles. The zero-order valence-electron chi connectivity index (χ0n) is 18.4. The summed E-state index contributed by atoms with van der Waals surface area (Å²) >= 11 is 0. The fourth-order valence-electron chi connectivity index (χ4n) is 4.22. The van der Waals surface area contributed by atoms with Crippen molar-refractivity contribution in [2.24, 2.45) is 4.99 Å². The van der Waals surface area contributed by atoms with Crippen LogP contribution in [0.1, 0.15) is 29.5 Å². The lowest BCUT2D eigenvalue weighted by Gasteiger charge is -2.24. The van der Waals surface area contributed by atoms with E-state index in [2.05, 4.69) is 27.3 Å². The molecule has 1 aliphatic rings. The highest BCUT2D eigenvalue weighted by molar-refractivity contribution is 6.17. The normalized spacial score (nSPS) is 16.5. The predicted octanol–water partition coefficient (Wildman–Crippen LogP) is 4.21. The number of anilines is 1. The van der Waals surface area contributed by atoms with E-state index in [0.29, 0.717) is 17.0 Å². The lowest BCUT2D eigenvalue weighted by atomic mass is 10.00. The van der Waals surface area contributed by atoms with Gasteiger partial charge in [0.15, 0.2) is 0 Å². The minimum Gasteiger partial charge on any atom is -0.480 e. The van der Waals surface area contributed by atoms with E-state index in [4.69, 9.17) is 0 Å². The molecule has 0 aromatic heterocycles. The number of aliphatic imine (C=N–C) groups is 1. The number of likely N-dealkylation sites (tertiary alicyclic amines) is 1. The maximum absolute atomic E-state index is 13.3. The van der Waals surface area contributed by atoms with Crippen LogP contribution in [0.3, 0.4) is 0 Å². The van der Waals surface area contributed by atoms with E-state index in [-0.39, 0.29) is 18.5 Å². The first-order valence-electron chi connectivity index (χ1n) is 11.1. The van der Waals surface area contributed by atoms with Crippen molar-refractivity contribution in [2.45, 2.75) is 25.4 Å². The monoisotopic (exact) mass is 441 g/mol. The van der Waals surface area contributed by atoms with Crippen LogP contribution in [0.2, 0.25) is 0 Å². The fraction of sp³-hybridized carbons (Fsp3) is 0.222. The number of carbonyl (C=O) groups is 2. The zero-order valence-corrected chi connectivity index (χ0v) is 18.4. The molecule has 6 heteroatoms. The molecule has 6 nitrogen and oxygen atoms in total. The van der Waals surface area contributed by atoms with E-state index in [9.17, 15) is 14.7 Å². The van der Waals surface area contributed by atoms with Crippen LogP contribution < -0.4 is 5.32 Å². The second-order valence-corrected chi connectivity index (χ2v) is 8.07. The first kappa shape index (κ1) is 22.4. The van der Waals surface area contributed by atoms with Crippen molar-refractivity contribution in [3.63, 3.8) is 0 Å². The van der Waals surface area contributed by atoms with Crippen LogP contribution in [0.15, 0.2) is 89.9 Å². The highest BCUT2D eigenvalue weighted by atomic mass is 16.4. The van der Waals surface area contributed by atoms with Crippen LogP contribution in [-0.2, 0) is 16.1 Å². The number of nitrogens with zero attached hydrogens (tertiary/aromatic N) is 2. The van der Waals surface area contributed by atoms with Crippen LogP contribution in [0.5, 0.6) is 0 Å². The van der Waals surface area contributed by atoms with Gasteiger partial charge in [0, 0.05) is 17.7 Å². The van der Waals surface area contributed by atoms with Gasteiger partial charge in [0.25, 0.3) is 0 Å². The van der Waals surface area contributed by atoms with E-state index < -0.39 is 5.97 Å². The SMILES string of the molecule is O=C(O)CN=C(c1ccccc1)c1ccccc1NC(=O)[C@H]1CCCN1Cc1ccccc1. The molecule has 33 heavy (non-hydrogen) atoms. The van der Waals surface area contributed by atoms with E-state index in [1.165, 1.54) is 5.56 Å². The Bertz CT molecular complexity index is 1130. The maximum atomic E-state index is 13.3. The quantitative estimate of drug-likeness (QED) is 0.513. The first-order chi connectivity index (χ1) is 16.1. The number of nitrogens with one attached hydrogen (secondary N) is 1. The molecule has 1 amide bonds. The number of aliphatic carboxylic acids is 1. The lowest BCUT2D eigenvalue weighted by molar-refractivity contribution is -0.135. The van der Waals surface area contributed by atoms with Gasteiger partial charge in [0.05, 0.1) is 17.4 Å². The Labute approximate surface area is 193 Å². The number of carbonyl (C=O) groups excluding carboxylic acids is 1. The molecule has 1 heterocycles. The Balaban J connectivity index is 1.58. The van der Waals surface area contributed by atoms with Crippen LogP contribution in [0.25, 0.3) is 0 Å². The number of carboxylic acids is 1. The minimum atomic E-state index is -1.01.